The molecule has 0 radical (unpaired) electrons. The van der Waals surface area contributed by atoms with E-state index in [1.807, 2.05) is 13.8 Å². The zero-order valence-electron chi connectivity index (χ0n) is 10.6. The summed E-state index contributed by atoms with van der Waals surface area (Å²) in [6, 6.07) is 4.22. The molecule has 1 saturated heterocycles. The Morgan fingerprint density at radius 1 is 1.47 bits per heavy atom. The normalized spacial score (nSPS) is 22.6. The molecule has 19 heavy (non-hydrogen) atoms. The number of thioether (sulfide) groups is 1. The Morgan fingerprint density at radius 2 is 2.16 bits per heavy atom. The molecule has 1 fully saturated rings. The summed E-state index contributed by atoms with van der Waals surface area (Å²) in [7, 11) is 0. The summed E-state index contributed by atoms with van der Waals surface area (Å²) in [5.74, 6) is -0.796. The van der Waals surface area contributed by atoms with Crippen molar-refractivity contribution in [3.63, 3.8) is 0 Å². The quantitative estimate of drug-likeness (QED) is 0.912. The Kier molecular flexibility index (Phi) is 4.06. The molecule has 6 heteroatoms. The van der Waals surface area contributed by atoms with Crippen LogP contribution in [-0.4, -0.2) is 39.1 Å². The van der Waals surface area contributed by atoms with Crippen LogP contribution in [0.25, 0.3) is 0 Å². The van der Waals surface area contributed by atoms with E-state index in [4.69, 9.17) is 16.7 Å². The highest BCUT2D eigenvalue weighted by Gasteiger charge is 2.39. The Hall–Kier alpha value is -1.20. The standard InChI is InChI=1S/C13H14ClNO3S/c1-7-5-9(3-4-10(7)14)12(16)15-8(2)19-6-11(15)13(17)18/h3-5,8,11H,6H2,1-2H3,(H,17,18). The van der Waals surface area contributed by atoms with Crippen LogP contribution in [0.2, 0.25) is 5.02 Å². The number of amides is 1. The monoisotopic (exact) mass is 299 g/mol. The summed E-state index contributed by atoms with van der Waals surface area (Å²) >= 11 is 7.40. The maximum absolute atomic E-state index is 12.4. The van der Waals surface area contributed by atoms with Crippen molar-refractivity contribution < 1.29 is 14.7 Å². The highest BCUT2D eigenvalue weighted by molar-refractivity contribution is 8.00. The number of nitrogens with zero attached hydrogens (tertiary/aromatic N) is 1. The number of carboxylic acid groups (broad SMARTS) is 1. The molecule has 1 amide bonds. The Balaban J connectivity index is 2.31. The number of carboxylic acids is 1. The molecular formula is C13H14ClNO3S. The van der Waals surface area contributed by atoms with Crippen LogP contribution in [0.1, 0.15) is 22.8 Å². The maximum Gasteiger partial charge on any atom is 0.327 e. The van der Waals surface area contributed by atoms with Crippen LogP contribution >= 0.6 is 23.4 Å². The number of carbonyl (C=O) groups excluding carboxylic acids is 1. The van der Waals surface area contributed by atoms with E-state index in [1.165, 1.54) is 16.7 Å². The molecule has 1 N–H and O–H groups in total. The zero-order chi connectivity index (χ0) is 14.2. The molecule has 0 aliphatic carbocycles. The molecule has 2 atom stereocenters. The fourth-order valence-corrected chi connectivity index (χ4v) is 3.35. The lowest BCUT2D eigenvalue weighted by molar-refractivity contribution is -0.141. The van der Waals surface area contributed by atoms with E-state index >= 15 is 0 Å². The second-order valence-corrected chi connectivity index (χ2v) is 6.22. The van der Waals surface area contributed by atoms with Crippen LogP contribution in [0.5, 0.6) is 0 Å². The lowest BCUT2D eigenvalue weighted by atomic mass is 10.1. The molecule has 4 nitrogen and oxygen atoms in total. The average Bonchev–Trinajstić information content (AvgIpc) is 2.74. The number of hydrogen-bond donors (Lipinski definition) is 1. The lowest BCUT2D eigenvalue weighted by Crippen LogP contribution is -2.44. The fraction of sp³-hybridized carbons (Fsp3) is 0.385. The zero-order valence-corrected chi connectivity index (χ0v) is 12.2. The molecule has 2 unspecified atom stereocenters. The number of benzene rings is 1. The second-order valence-electron chi connectivity index (χ2n) is 4.46. The van der Waals surface area contributed by atoms with Gasteiger partial charge in [-0.05, 0) is 37.6 Å². The first-order chi connectivity index (χ1) is 8.91. The molecule has 1 aliphatic heterocycles. The van der Waals surface area contributed by atoms with Crippen LogP contribution in [0, 0.1) is 6.92 Å². The summed E-state index contributed by atoms with van der Waals surface area (Å²) < 4.78 is 0. The summed E-state index contributed by atoms with van der Waals surface area (Å²) in [5, 5.41) is 9.63. The first kappa shape index (κ1) is 14.2. The van der Waals surface area contributed by atoms with Crippen LogP contribution in [-0.2, 0) is 4.79 Å². The van der Waals surface area contributed by atoms with Crippen molar-refractivity contribution in [1.29, 1.82) is 0 Å². The number of aliphatic carboxylic acids is 1. The van der Waals surface area contributed by atoms with Crippen molar-refractivity contribution in [3.8, 4) is 0 Å². The highest BCUT2D eigenvalue weighted by atomic mass is 35.5. The molecule has 1 aromatic rings. The van der Waals surface area contributed by atoms with Gasteiger partial charge in [-0.1, -0.05) is 11.6 Å². The predicted molar refractivity (Wildman–Crippen MR) is 75.7 cm³/mol. The number of hydrogen-bond acceptors (Lipinski definition) is 3. The van der Waals surface area contributed by atoms with Gasteiger partial charge in [0.05, 0.1) is 5.37 Å². The smallest absolute Gasteiger partial charge is 0.327 e. The Labute approximate surface area is 120 Å². The van der Waals surface area contributed by atoms with Crippen molar-refractivity contribution in [2.24, 2.45) is 0 Å². The minimum Gasteiger partial charge on any atom is -0.480 e. The van der Waals surface area contributed by atoms with Gasteiger partial charge in [0.25, 0.3) is 5.91 Å². The number of halogens is 1. The molecule has 1 aliphatic rings. The van der Waals surface area contributed by atoms with Gasteiger partial charge in [0.15, 0.2) is 0 Å². The van der Waals surface area contributed by atoms with Crippen LogP contribution in [0.4, 0.5) is 0 Å². The van der Waals surface area contributed by atoms with Gasteiger partial charge in [-0.15, -0.1) is 11.8 Å². The van der Waals surface area contributed by atoms with Crippen LogP contribution in [0.3, 0.4) is 0 Å². The maximum atomic E-state index is 12.4. The largest absolute Gasteiger partial charge is 0.480 e. The number of carbonyl (C=O) groups is 2. The van der Waals surface area contributed by atoms with Gasteiger partial charge in [0, 0.05) is 16.3 Å². The third-order valence-corrected chi connectivity index (χ3v) is 4.79. The van der Waals surface area contributed by atoms with Crippen molar-refractivity contribution in [2.75, 3.05) is 5.75 Å². The topological polar surface area (TPSA) is 57.6 Å². The first-order valence-electron chi connectivity index (χ1n) is 5.85. The molecule has 0 aromatic heterocycles. The van der Waals surface area contributed by atoms with Crippen LogP contribution in [0.15, 0.2) is 18.2 Å². The second kappa shape index (κ2) is 5.43. The minimum atomic E-state index is -0.962. The minimum absolute atomic E-state index is 0.135. The molecule has 0 bridgehead atoms. The summed E-state index contributed by atoms with van der Waals surface area (Å²) in [5.41, 5.74) is 1.28. The van der Waals surface area contributed by atoms with E-state index in [2.05, 4.69) is 0 Å². The molecule has 1 heterocycles. The van der Waals surface area contributed by atoms with Gasteiger partial charge in [0.2, 0.25) is 0 Å². The molecular weight excluding hydrogens is 286 g/mol. The third-order valence-electron chi connectivity index (χ3n) is 3.15. The summed E-state index contributed by atoms with van der Waals surface area (Å²) in [6.07, 6.45) is 0. The van der Waals surface area contributed by atoms with Gasteiger partial charge < -0.3 is 10.0 Å². The fourth-order valence-electron chi connectivity index (χ4n) is 2.07. The third kappa shape index (κ3) is 2.72. The van der Waals surface area contributed by atoms with Gasteiger partial charge in [-0.2, -0.15) is 0 Å². The Bertz CT molecular complexity index is 535. The lowest BCUT2D eigenvalue weighted by Gasteiger charge is -2.25. The van der Waals surface area contributed by atoms with E-state index in [0.717, 1.165) is 5.56 Å². The first-order valence-corrected chi connectivity index (χ1v) is 7.27. The van der Waals surface area contributed by atoms with E-state index in [1.54, 1.807) is 18.2 Å². The molecule has 0 spiro atoms. The summed E-state index contributed by atoms with van der Waals surface area (Å²) in [4.78, 5) is 25.1. The van der Waals surface area contributed by atoms with Crippen molar-refractivity contribution in [3.05, 3.63) is 34.3 Å². The van der Waals surface area contributed by atoms with E-state index in [0.29, 0.717) is 16.3 Å². The molecule has 1 aromatic carbocycles. The van der Waals surface area contributed by atoms with Crippen LogP contribution < -0.4 is 0 Å². The number of aryl methyl sites for hydroxylation is 1. The van der Waals surface area contributed by atoms with Gasteiger partial charge in [-0.25, -0.2) is 4.79 Å². The molecule has 0 saturated carbocycles. The summed E-state index contributed by atoms with van der Waals surface area (Å²) in [6.45, 7) is 3.66. The predicted octanol–water partition coefficient (Wildman–Crippen LogP) is 2.64. The average molecular weight is 300 g/mol. The SMILES string of the molecule is Cc1cc(C(=O)N2C(C)SCC2C(=O)O)ccc1Cl. The van der Waals surface area contributed by atoms with Crippen molar-refractivity contribution >= 4 is 35.2 Å². The van der Waals surface area contributed by atoms with E-state index in [-0.39, 0.29) is 11.3 Å². The van der Waals surface area contributed by atoms with Crippen molar-refractivity contribution in [1.82, 2.24) is 4.90 Å². The molecule has 102 valence electrons. The highest BCUT2D eigenvalue weighted by Crippen LogP contribution is 2.30. The van der Waals surface area contributed by atoms with Crippen molar-refractivity contribution in [2.45, 2.75) is 25.3 Å². The van der Waals surface area contributed by atoms with Gasteiger partial charge in [-0.3, -0.25) is 4.79 Å². The van der Waals surface area contributed by atoms with Gasteiger partial charge >= 0.3 is 5.97 Å². The van der Waals surface area contributed by atoms with E-state index < -0.39 is 12.0 Å². The number of rotatable bonds is 2. The molecule has 2 rings (SSSR count). The Morgan fingerprint density at radius 3 is 2.74 bits per heavy atom. The van der Waals surface area contributed by atoms with Gasteiger partial charge in [0.1, 0.15) is 6.04 Å². The van der Waals surface area contributed by atoms with E-state index in [9.17, 15) is 9.59 Å².